The molecule has 1 aliphatic heterocycles. The molecule has 0 aliphatic carbocycles. The Bertz CT molecular complexity index is 840. The number of thioether (sulfide) groups is 1. The molecule has 27 heavy (non-hydrogen) atoms. The highest BCUT2D eigenvalue weighted by Gasteiger charge is 2.24. The summed E-state index contributed by atoms with van der Waals surface area (Å²) < 4.78 is 10.8. The summed E-state index contributed by atoms with van der Waals surface area (Å²) in [4.78, 5) is 27.4. The smallest absolute Gasteiger partial charge is 0.237 e. The molecular formula is C20H22N2O4S. The van der Waals surface area contributed by atoms with Crippen LogP contribution in [0.15, 0.2) is 47.4 Å². The van der Waals surface area contributed by atoms with Gasteiger partial charge < -0.3 is 19.7 Å². The van der Waals surface area contributed by atoms with E-state index in [2.05, 4.69) is 5.32 Å². The number of hydrogen-bond acceptors (Lipinski definition) is 5. The topological polar surface area (TPSA) is 67.9 Å². The van der Waals surface area contributed by atoms with Crippen LogP contribution in [-0.4, -0.2) is 37.8 Å². The molecule has 0 saturated heterocycles. The van der Waals surface area contributed by atoms with Gasteiger partial charge in [-0.2, -0.15) is 0 Å². The number of amides is 2. The number of fused-ring (bicyclic) bond motifs is 1. The lowest BCUT2D eigenvalue weighted by Gasteiger charge is -2.28. The summed E-state index contributed by atoms with van der Waals surface area (Å²) in [6, 6.07) is 13.0. The number of para-hydroxylation sites is 1. The van der Waals surface area contributed by atoms with Crippen molar-refractivity contribution in [1.29, 1.82) is 0 Å². The van der Waals surface area contributed by atoms with Crippen LogP contribution in [0, 0.1) is 0 Å². The van der Waals surface area contributed by atoms with E-state index >= 15 is 0 Å². The van der Waals surface area contributed by atoms with Gasteiger partial charge in [0.2, 0.25) is 11.8 Å². The maximum atomic E-state index is 12.4. The maximum absolute atomic E-state index is 12.4. The Hall–Kier alpha value is -2.67. The zero-order valence-electron chi connectivity index (χ0n) is 15.4. The van der Waals surface area contributed by atoms with E-state index < -0.39 is 0 Å². The Morgan fingerprint density at radius 1 is 1.22 bits per heavy atom. The molecule has 0 radical (unpaired) electrons. The average Bonchev–Trinajstić information content (AvgIpc) is 2.68. The van der Waals surface area contributed by atoms with Gasteiger partial charge in [0.15, 0.2) is 11.5 Å². The molecule has 0 unspecified atom stereocenters. The zero-order chi connectivity index (χ0) is 19.2. The number of hydrogen-bond donors (Lipinski definition) is 1. The first-order valence-corrected chi connectivity index (χ1v) is 9.73. The van der Waals surface area contributed by atoms with Crippen LogP contribution in [0.25, 0.3) is 0 Å². The molecule has 2 amide bonds. The molecule has 0 saturated carbocycles. The first-order chi connectivity index (χ1) is 13.1. The van der Waals surface area contributed by atoms with E-state index in [1.54, 1.807) is 30.2 Å². The molecule has 2 aromatic carbocycles. The third-order valence-electron chi connectivity index (χ3n) is 4.12. The van der Waals surface area contributed by atoms with Gasteiger partial charge in [0.1, 0.15) is 0 Å². The number of anilines is 2. The lowest BCUT2D eigenvalue weighted by molar-refractivity contribution is -0.117. The summed E-state index contributed by atoms with van der Waals surface area (Å²) in [5.41, 5.74) is 1.50. The minimum atomic E-state index is -0.162. The molecule has 0 bridgehead atoms. The molecule has 1 heterocycles. The SMILES string of the molecule is CCOc1ccc(NC(=O)CCN2C(=O)CSc3ccccc32)cc1OC. The van der Waals surface area contributed by atoms with Gasteiger partial charge in [-0.05, 0) is 31.2 Å². The van der Waals surface area contributed by atoms with Gasteiger partial charge in [-0.1, -0.05) is 12.1 Å². The van der Waals surface area contributed by atoms with Crippen molar-refractivity contribution in [3.8, 4) is 11.5 Å². The molecule has 6 nitrogen and oxygen atoms in total. The molecule has 0 fully saturated rings. The van der Waals surface area contributed by atoms with Gasteiger partial charge in [-0.15, -0.1) is 11.8 Å². The van der Waals surface area contributed by atoms with Crippen LogP contribution in [-0.2, 0) is 9.59 Å². The van der Waals surface area contributed by atoms with Crippen molar-refractivity contribution in [3.05, 3.63) is 42.5 Å². The molecular weight excluding hydrogens is 364 g/mol. The third-order valence-corrected chi connectivity index (χ3v) is 5.17. The summed E-state index contributed by atoms with van der Waals surface area (Å²) in [5.74, 6) is 1.45. The Morgan fingerprint density at radius 2 is 2.04 bits per heavy atom. The van der Waals surface area contributed by atoms with Crippen LogP contribution in [0.1, 0.15) is 13.3 Å². The second-order valence-electron chi connectivity index (χ2n) is 5.90. The first-order valence-electron chi connectivity index (χ1n) is 8.75. The predicted octanol–water partition coefficient (Wildman–Crippen LogP) is 3.56. The minimum absolute atomic E-state index is 0.0224. The minimum Gasteiger partial charge on any atom is -0.493 e. The highest BCUT2D eigenvalue weighted by Crippen LogP contribution is 2.35. The molecule has 0 atom stereocenters. The van der Waals surface area contributed by atoms with Crippen molar-refractivity contribution in [3.63, 3.8) is 0 Å². The average molecular weight is 386 g/mol. The fourth-order valence-corrected chi connectivity index (χ4v) is 3.79. The molecule has 2 aromatic rings. The summed E-state index contributed by atoms with van der Waals surface area (Å²) in [6.45, 7) is 2.77. The number of ether oxygens (including phenoxy) is 2. The van der Waals surface area contributed by atoms with Crippen molar-refractivity contribution in [2.24, 2.45) is 0 Å². The standard InChI is InChI=1S/C20H22N2O4S/c1-3-26-16-9-8-14(12-17(16)25-2)21-19(23)10-11-22-15-6-4-5-7-18(15)27-13-20(22)24/h4-9,12H,3,10-11,13H2,1-2H3,(H,21,23). The second kappa shape index (κ2) is 8.81. The van der Waals surface area contributed by atoms with Crippen molar-refractivity contribution in [1.82, 2.24) is 0 Å². The number of methoxy groups -OCH3 is 1. The number of nitrogens with zero attached hydrogens (tertiary/aromatic N) is 1. The fraction of sp³-hybridized carbons (Fsp3) is 0.300. The summed E-state index contributed by atoms with van der Waals surface area (Å²) in [6.07, 6.45) is 0.209. The largest absolute Gasteiger partial charge is 0.493 e. The number of nitrogens with one attached hydrogen (secondary N) is 1. The van der Waals surface area contributed by atoms with E-state index in [9.17, 15) is 9.59 Å². The Labute approximate surface area is 162 Å². The van der Waals surface area contributed by atoms with Crippen LogP contribution in [0.2, 0.25) is 0 Å². The van der Waals surface area contributed by atoms with Gasteiger partial charge >= 0.3 is 0 Å². The predicted molar refractivity (Wildman–Crippen MR) is 107 cm³/mol. The molecule has 1 N–H and O–H groups in total. The molecule has 0 spiro atoms. The van der Waals surface area contributed by atoms with E-state index in [1.807, 2.05) is 31.2 Å². The summed E-state index contributed by atoms with van der Waals surface area (Å²) in [5, 5.41) is 2.85. The van der Waals surface area contributed by atoms with E-state index in [1.165, 1.54) is 11.8 Å². The van der Waals surface area contributed by atoms with Gasteiger partial charge in [-0.3, -0.25) is 9.59 Å². The molecule has 1 aliphatic rings. The zero-order valence-corrected chi connectivity index (χ0v) is 16.2. The second-order valence-corrected chi connectivity index (χ2v) is 6.92. The normalized spacial score (nSPS) is 13.1. The van der Waals surface area contributed by atoms with E-state index in [-0.39, 0.29) is 18.2 Å². The van der Waals surface area contributed by atoms with E-state index in [0.29, 0.717) is 36.1 Å². The molecule has 0 aromatic heterocycles. The van der Waals surface area contributed by atoms with Crippen LogP contribution in [0.4, 0.5) is 11.4 Å². The first kappa shape index (κ1) is 19.1. The van der Waals surface area contributed by atoms with Crippen LogP contribution in [0.3, 0.4) is 0 Å². The highest BCUT2D eigenvalue weighted by atomic mass is 32.2. The van der Waals surface area contributed by atoms with Crippen molar-refractivity contribution in [2.75, 3.05) is 36.2 Å². The maximum Gasteiger partial charge on any atom is 0.237 e. The van der Waals surface area contributed by atoms with Gasteiger partial charge in [0.25, 0.3) is 0 Å². The van der Waals surface area contributed by atoms with Crippen molar-refractivity contribution < 1.29 is 19.1 Å². The lowest BCUT2D eigenvalue weighted by atomic mass is 10.2. The van der Waals surface area contributed by atoms with Gasteiger partial charge in [-0.25, -0.2) is 0 Å². The molecule has 3 rings (SSSR count). The number of carbonyl (C=O) groups excluding carboxylic acids is 2. The monoisotopic (exact) mass is 386 g/mol. The summed E-state index contributed by atoms with van der Waals surface area (Å²) >= 11 is 1.53. The Morgan fingerprint density at radius 3 is 2.81 bits per heavy atom. The Kier molecular flexibility index (Phi) is 6.24. The lowest BCUT2D eigenvalue weighted by Crippen LogP contribution is -2.37. The number of carbonyl (C=O) groups is 2. The Balaban J connectivity index is 1.63. The van der Waals surface area contributed by atoms with Crippen LogP contribution >= 0.6 is 11.8 Å². The molecule has 7 heteroatoms. The molecule has 142 valence electrons. The van der Waals surface area contributed by atoms with Gasteiger partial charge in [0.05, 0.1) is 25.2 Å². The quantitative estimate of drug-likeness (QED) is 0.788. The third kappa shape index (κ3) is 4.54. The number of rotatable bonds is 7. The van der Waals surface area contributed by atoms with Gasteiger partial charge in [0, 0.05) is 29.6 Å². The van der Waals surface area contributed by atoms with Crippen LogP contribution in [0.5, 0.6) is 11.5 Å². The van der Waals surface area contributed by atoms with E-state index in [0.717, 1.165) is 10.6 Å². The summed E-state index contributed by atoms with van der Waals surface area (Å²) in [7, 11) is 1.56. The van der Waals surface area contributed by atoms with Crippen molar-refractivity contribution >= 4 is 35.0 Å². The van der Waals surface area contributed by atoms with E-state index in [4.69, 9.17) is 9.47 Å². The van der Waals surface area contributed by atoms with Crippen molar-refractivity contribution in [2.45, 2.75) is 18.2 Å². The number of benzene rings is 2. The fourth-order valence-electron chi connectivity index (χ4n) is 2.86. The highest BCUT2D eigenvalue weighted by molar-refractivity contribution is 8.00. The van der Waals surface area contributed by atoms with Crippen LogP contribution < -0.4 is 19.7 Å².